The summed E-state index contributed by atoms with van der Waals surface area (Å²) in [5, 5.41) is 0. The molecule has 1 unspecified atom stereocenters. The zero-order chi connectivity index (χ0) is 13.5. The van der Waals surface area contributed by atoms with Crippen molar-refractivity contribution in [3.05, 3.63) is 65.7 Å². The lowest BCUT2D eigenvalue weighted by molar-refractivity contribution is 0.0580. The Labute approximate surface area is 112 Å². The number of benzene rings is 1. The highest BCUT2D eigenvalue weighted by atomic mass is 19.1. The number of nitrogens with two attached hydrogens (primary N) is 1. The number of halogens is 1. The molecular weight excluding hydrogens is 243 g/mol. The van der Waals surface area contributed by atoms with E-state index in [-0.39, 0.29) is 12.4 Å². The van der Waals surface area contributed by atoms with Crippen molar-refractivity contribution >= 4 is 0 Å². The van der Waals surface area contributed by atoms with Gasteiger partial charge in [0.2, 0.25) is 0 Å². The topological polar surface area (TPSA) is 48.1 Å². The summed E-state index contributed by atoms with van der Waals surface area (Å²) in [5.74, 6) is -0.282. The molecule has 2 N–H and O–H groups in total. The minimum Gasteiger partial charge on any atom is -0.372 e. The van der Waals surface area contributed by atoms with E-state index in [1.165, 1.54) is 6.07 Å². The molecule has 3 nitrogen and oxygen atoms in total. The molecule has 1 aromatic carbocycles. The van der Waals surface area contributed by atoms with Gasteiger partial charge in [-0.25, -0.2) is 4.39 Å². The second-order valence-electron chi connectivity index (χ2n) is 4.19. The van der Waals surface area contributed by atoms with E-state index < -0.39 is 6.10 Å². The van der Waals surface area contributed by atoms with E-state index in [0.717, 1.165) is 5.69 Å². The van der Waals surface area contributed by atoms with Crippen molar-refractivity contribution in [2.45, 2.75) is 12.5 Å². The van der Waals surface area contributed by atoms with Gasteiger partial charge in [0.1, 0.15) is 5.82 Å². The third kappa shape index (κ3) is 3.84. The molecule has 0 aliphatic carbocycles. The van der Waals surface area contributed by atoms with Crippen LogP contribution in [0.3, 0.4) is 0 Å². The third-order valence-electron chi connectivity index (χ3n) is 2.87. The van der Waals surface area contributed by atoms with Crippen LogP contribution in [0.5, 0.6) is 0 Å². The molecule has 0 bridgehead atoms. The first kappa shape index (κ1) is 13.6. The number of hydrogen-bond acceptors (Lipinski definition) is 3. The Hall–Kier alpha value is -1.78. The molecule has 0 aliphatic rings. The molecule has 1 aromatic heterocycles. The van der Waals surface area contributed by atoms with Crippen LogP contribution in [0.15, 0.2) is 48.7 Å². The first-order valence-corrected chi connectivity index (χ1v) is 6.27. The summed E-state index contributed by atoms with van der Waals surface area (Å²) in [6, 6.07) is 12.3. The van der Waals surface area contributed by atoms with E-state index in [1.54, 1.807) is 24.4 Å². The Kier molecular flexibility index (Phi) is 5.01. The van der Waals surface area contributed by atoms with Crippen LogP contribution in [-0.2, 0) is 11.2 Å². The fraction of sp³-hybridized carbons (Fsp3) is 0.267. The molecule has 0 radical (unpaired) electrons. The van der Waals surface area contributed by atoms with Gasteiger partial charge in [-0.3, -0.25) is 4.98 Å². The monoisotopic (exact) mass is 260 g/mol. The van der Waals surface area contributed by atoms with Crippen molar-refractivity contribution in [1.29, 1.82) is 0 Å². The SMILES string of the molecule is NCC(OCCc1ccccn1)c1ccccc1F. The maximum Gasteiger partial charge on any atom is 0.129 e. The van der Waals surface area contributed by atoms with E-state index >= 15 is 0 Å². The van der Waals surface area contributed by atoms with Crippen LogP contribution in [0.2, 0.25) is 0 Å². The number of rotatable bonds is 6. The summed E-state index contributed by atoms with van der Waals surface area (Å²) in [6.07, 6.45) is 2.02. The molecule has 100 valence electrons. The summed E-state index contributed by atoms with van der Waals surface area (Å²) in [6.45, 7) is 0.719. The number of hydrogen-bond donors (Lipinski definition) is 1. The summed E-state index contributed by atoms with van der Waals surface area (Å²) in [5.41, 5.74) is 7.10. The quantitative estimate of drug-likeness (QED) is 0.868. The molecule has 0 fully saturated rings. The van der Waals surface area contributed by atoms with Crippen LogP contribution in [-0.4, -0.2) is 18.1 Å². The highest BCUT2D eigenvalue weighted by Crippen LogP contribution is 2.19. The van der Waals surface area contributed by atoms with Crippen molar-refractivity contribution in [2.24, 2.45) is 5.73 Å². The lowest BCUT2D eigenvalue weighted by atomic mass is 10.1. The lowest BCUT2D eigenvalue weighted by Gasteiger charge is -2.16. The first-order chi connectivity index (χ1) is 9.31. The average molecular weight is 260 g/mol. The molecule has 1 atom stereocenters. The Morgan fingerprint density at radius 3 is 2.63 bits per heavy atom. The molecule has 2 rings (SSSR count). The molecule has 2 aromatic rings. The van der Waals surface area contributed by atoms with Crippen molar-refractivity contribution in [3.63, 3.8) is 0 Å². The fourth-order valence-corrected chi connectivity index (χ4v) is 1.87. The van der Waals surface area contributed by atoms with Gasteiger partial charge in [-0.2, -0.15) is 0 Å². The predicted molar refractivity (Wildman–Crippen MR) is 72.1 cm³/mol. The Morgan fingerprint density at radius 2 is 1.95 bits per heavy atom. The van der Waals surface area contributed by atoms with Crippen LogP contribution in [0.1, 0.15) is 17.4 Å². The number of nitrogens with zero attached hydrogens (tertiary/aromatic N) is 1. The number of ether oxygens (including phenoxy) is 1. The summed E-state index contributed by atoms with van der Waals surface area (Å²) in [7, 11) is 0. The van der Waals surface area contributed by atoms with Gasteiger partial charge in [-0.15, -0.1) is 0 Å². The normalized spacial score (nSPS) is 12.3. The Balaban J connectivity index is 1.92. The summed E-state index contributed by atoms with van der Waals surface area (Å²) >= 11 is 0. The van der Waals surface area contributed by atoms with Gasteiger partial charge >= 0.3 is 0 Å². The predicted octanol–water partition coefficient (Wildman–Crippen LogP) is 2.48. The molecule has 1 heterocycles. The molecule has 0 amide bonds. The summed E-state index contributed by atoms with van der Waals surface area (Å²) in [4.78, 5) is 4.21. The van der Waals surface area contributed by atoms with Crippen LogP contribution in [0, 0.1) is 5.82 Å². The van der Waals surface area contributed by atoms with E-state index in [9.17, 15) is 4.39 Å². The minimum absolute atomic E-state index is 0.253. The zero-order valence-corrected chi connectivity index (χ0v) is 10.6. The maximum absolute atomic E-state index is 13.6. The minimum atomic E-state index is -0.412. The van der Waals surface area contributed by atoms with Gasteiger partial charge in [0.05, 0.1) is 12.7 Å². The van der Waals surface area contributed by atoms with Gasteiger partial charge in [-0.1, -0.05) is 24.3 Å². The smallest absolute Gasteiger partial charge is 0.129 e. The van der Waals surface area contributed by atoms with Gasteiger partial charge in [0, 0.05) is 30.4 Å². The highest BCUT2D eigenvalue weighted by Gasteiger charge is 2.14. The zero-order valence-electron chi connectivity index (χ0n) is 10.6. The maximum atomic E-state index is 13.6. The second-order valence-corrected chi connectivity index (χ2v) is 4.19. The van der Waals surface area contributed by atoms with Gasteiger partial charge in [-0.05, 0) is 18.2 Å². The third-order valence-corrected chi connectivity index (χ3v) is 2.87. The van der Waals surface area contributed by atoms with Crippen molar-refractivity contribution in [3.8, 4) is 0 Å². The van der Waals surface area contributed by atoms with E-state index in [4.69, 9.17) is 10.5 Å². The molecule has 0 spiro atoms. The van der Waals surface area contributed by atoms with E-state index in [1.807, 2.05) is 18.2 Å². The Bertz CT molecular complexity index is 505. The van der Waals surface area contributed by atoms with Gasteiger partial charge < -0.3 is 10.5 Å². The highest BCUT2D eigenvalue weighted by molar-refractivity contribution is 5.20. The molecule has 0 aliphatic heterocycles. The molecule has 0 saturated carbocycles. The first-order valence-electron chi connectivity index (χ1n) is 6.27. The van der Waals surface area contributed by atoms with Crippen LogP contribution >= 0.6 is 0 Å². The summed E-state index contributed by atoms with van der Waals surface area (Å²) < 4.78 is 19.3. The van der Waals surface area contributed by atoms with Gasteiger partial charge in [0.15, 0.2) is 0 Å². The van der Waals surface area contributed by atoms with E-state index in [0.29, 0.717) is 18.6 Å². The van der Waals surface area contributed by atoms with Crippen LogP contribution < -0.4 is 5.73 Å². The van der Waals surface area contributed by atoms with Gasteiger partial charge in [0.25, 0.3) is 0 Å². The average Bonchev–Trinajstić information content (AvgIpc) is 2.46. The molecular formula is C15H17FN2O. The largest absolute Gasteiger partial charge is 0.372 e. The molecule has 4 heteroatoms. The van der Waals surface area contributed by atoms with E-state index in [2.05, 4.69) is 4.98 Å². The van der Waals surface area contributed by atoms with Crippen molar-refractivity contribution in [1.82, 2.24) is 4.98 Å². The number of pyridine rings is 1. The van der Waals surface area contributed by atoms with Crippen LogP contribution in [0.4, 0.5) is 4.39 Å². The van der Waals surface area contributed by atoms with Crippen molar-refractivity contribution < 1.29 is 9.13 Å². The fourth-order valence-electron chi connectivity index (χ4n) is 1.87. The standard InChI is InChI=1S/C15H17FN2O/c16-14-7-2-1-6-13(14)15(11-17)19-10-8-12-5-3-4-9-18-12/h1-7,9,15H,8,10-11,17H2. The lowest BCUT2D eigenvalue weighted by Crippen LogP contribution is -2.18. The van der Waals surface area contributed by atoms with Crippen molar-refractivity contribution in [2.75, 3.05) is 13.2 Å². The second kappa shape index (κ2) is 6.97. The molecule has 19 heavy (non-hydrogen) atoms. The van der Waals surface area contributed by atoms with Crippen LogP contribution in [0.25, 0.3) is 0 Å². The Morgan fingerprint density at radius 1 is 1.16 bits per heavy atom. The number of aromatic nitrogens is 1. The molecule has 0 saturated heterocycles.